The summed E-state index contributed by atoms with van der Waals surface area (Å²) in [5, 5.41) is 0. The second kappa shape index (κ2) is 8.51. The van der Waals surface area contributed by atoms with Gasteiger partial charge in [0, 0.05) is 38.6 Å². The molecule has 142 valence electrons. The van der Waals surface area contributed by atoms with Crippen molar-refractivity contribution in [3.05, 3.63) is 35.9 Å². The lowest BCUT2D eigenvalue weighted by atomic mass is 9.86. The molecule has 1 amide bonds. The summed E-state index contributed by atoms with van der Waals surface area (Å²) >= 11 is 0. The minimum Gasteiger partial charge on any atom is -0.340 e. The van der Waals surface area contributed by atoms with E-state index >= 15 is 0 Å². The molecule has 2 saturated heterocycles. The highest BCUT2D eigenvalue weighted by atomic mass is 16.2. The number of rotatable bonds is 4. The number of carbonyl (C=O) groups excluding carboxylic acids is 1. The predicted molar refractivity (Wildman–Crippen MR) is 103 cm³/mol. The van der Waals surface area contributed by atoms with Gasteiger partial charge in [-0.1, -0.05) is 49.6 Å². The Morgan fingerprint density at radius 1 is 0.962 bits per heavy atom. The number of piperazine rings is 1. The molecular weight excluding hydrogens is 324 g/mol. The molecule has 0 radical (unpaired) electrons. The van der Waals surface area contributed by atoms with Crippen LogP contribution in [0.15, 0.2) is 30.3 Å². The topological polar surface area (TPSA) is 47.6 Å². The zero-order chi connectivity index (χ0) is 17.8. The van der Waals surface area contributed by atoms with E-state index in [1.807, 2.05) is 0 Å². The molecule has 2 atom stereocenters. The summed E-state index contributed by atoms with van der Waals surface area (Å²) in [4.78, 5) is 17.2. The van der Waals surface area contributed by atoms with Crippen LogP contribution < -0.4 is 10.9 Å². The van der Waals surface area contributed by atoms with Crippen LogP contribution in [-0.2, 0) is 4.79 Å². The smallest absolute Gasteiger partial charge is 0.222 e. The SMILES string of the molecule is O=C(CC1CCCCC1)N1CCN(C2CC(c3ccccc3)NN2)CC1. The monoisotopic (exact) mass is 356 g/mol. The van der Waals surface area contributed by atoms with E-state index < -0.39 is 0 Å². The molecule has 0 bridgehead atoms. The Morgan fingerprint density at radius 2 is 1.69 bits per heavy atom. The summed E-state index contributed by atoms with van der Waals surface area (Å²) < 4.78 is 0. The fourth-order valence-corrected chi connectivity index (χ4v) is 4.73. The van der Waals surface area contributed by atoms with Crippen molar-refractivity contribution in [3.8, 4) is 0 Å². The minimum atomic E-state index is 0.357. The number of nitrogens with one attached hydrogen (secondary N) is 2. The average Bonchev–Trinajstić information content (AvgIpc) is 3.20. The lowest BCUT2D eigenvalue weighted by Gasteiger charge is -2.38. The van der Waals surface area contributed by atoms with E-state index in [0.29, 0.717) is 24.0 Å². The van der Waals surface area contributed by atoms with Crippen molar-refractivity contribution in [1.82, 2.24) is 20.7 Å². The van der Waals surface area contributed by atoms with Crippen molar-refractivity contribution in [2.24, 2.45) is 5.92 Å². The zero-order valence-electron chi connectivity index (χ0n) is 15.7. The van der Waals surface area contributed by atoms with Crippen molar-refractivity contribution < 1.29 is 4.79 Å². The second-order valence-corrected chi connectivity index (χ2v) is 8.13. The van der Waals surface area contributed by atoms with Crippen LogP contribution in [0.1, 0.15) is 56.6 Å². The van der Waals surface area contributed by atoms with Gasteiger partial charge in [0.05, 0.1) is 6.17 Å². The van der Waals surface area contributed by atoms with Gasteiger partial charge in [-0.15, -0.1) is 0 Å². The van der Waals surface area contributed by atoms with Gasteiger partial charge in [-0.25, -0.2) is 10.9 Å². The van der Waals surface area contributed by atoms with Crippen LogP contribution in [0.5, 0.6) is 0 Å². The van der Waals surface area contributed by atoms with Crippen molar-refractivity contribution in [2.75, 3.05) is 26.2 Å². The fourth-order valence-electron chi connectivity index (χ4n) is 4.73. The molecular formula is C21H32N4O. The number of hydrogen-bond donors (Lipinski definition) is 2. The third kappa shape index (κ3) is 4.27. The van der Waals surface area contributed by atoms with Gasteiger partial charge in [0.15, 0.2) is 0 Å². The number of nitrogens with zero attached hydrogens (tertiary/aromatic N) is 2. The van der Waals surface area contributed by atoms with Crippen molar-refractivity contribution in [2.45, 2.75) is 57.2 Å². The van der Waals surface area contributed by atoms with Crippen LogP contribution in [-0.4, -0.2) is 48.1 Å². The van der Waals surface area contributed by atoms with Gasteiger partial charge in [-0.05, 0) is 30.7 Å². The van der Waals surface area contributed by atoms with Crippen LogP contribution >= 0.6 is 0 Å². The molecule has 1 aliphatic carbocycles. The normalized spacial score (nSPS) is 28.4. The molecule has 2 N–H and O–H groups in total. The molecule has 5 heteroatoms. The van der Waals surface area contributed by atoms with Crippen molar-refractivity contribution >= 4 is 5.91 Å². The van der Waals surface area contributed by atoms with E-state index in [-0.39, 0.29) is 0 Å². The Bertz CT molecular complexity index is 579. The molecule has 2 heterocycles. The maximum atomic E-state index is 12.6. The van der Waals surface area contributed by atoms with Crippen LogP contribution in [0.2, 0.25) is 0 Å². The van der Waals surface area contributed by atoms with Crippen LogP contribution in [0.3, 0.4) is 0 Å². The molecule has 2 unspecified atom stereocenters. The van der Waals surface area contributed by atoms with E-state index in [9.17, 15) is 4.79 Å². The van der Waals surface area contributed by atoms with E-state index in [2.05, 4.69) is 51.0 Å². The number of hydrazine groups is 1. The lowest BCUT2D eigenvalue weighted by molar-refractivity contribution is -0.134. The van der Waals surface area contributed by atoms with Gasteiger partial charge in [0.25, 0.3) is 0 Å². The van der Waals surface area contributed by atoms with E-state index in [0.717, 1.165) is 39.0 Å². The largest absolute Gasteiger partial charge is 0.340 e. The van der Waals surface area contributed by atoms with Gasteiger partial charge in [0.2, 0.25) is 5.91 Å². The molecule has 1 aromatic carbocycles. The van der Waals surface area contributed by atoms with E-state index in [4.69, 9.17) is 0 Å². The lowest BCUT2D eigenvalue weighted by Crippen LogP contribution is -2.55. The quantitative estimate of drug-likeness (QED) is 0.871. The van der Waals surface area contributed by atoms with E-state index in [1.165, 1.54) is 37.7 Å². The number of hydrogen-bond acceptors (Lipinski definition) is 4. The zero-order valence-corrected chi connectivity index (χ0v) is 15.7. The summed E-state index contributed by atoms with van der Waals surface area (Å²) in [5.74, 6) is 1.03. The highest BCUT2D eigenvalue weighted by Crippen LogP contribution is 2.28. The van der Waals surface area contributed by atoms with Crippen molar-refractivity contribution in [3.63, 3.8) is 0 Å². The Morgan fingerprint density at radius 3 is 2.42 bits per heavy atom. The van der Waals surface area contributed by atoms with Crippen LogP contribution in [0, 0.1) is 5.92 Å². The molecule has 1 aromatic rings. The standard InChI is InChI=1S/C21H32N4O/c26-21(15-17-7-3-1-4-8-17)25-13-11-24(12-14-25)20-16-19(22-23-20)18-9-5-2-6-10-18/h2,5-6,9-10,17,19-20,22-23H,1,3-4,7-8,11-16H2. The first kappa shape index (κ1) is 18.0. The number of benzene rings is 1. The summed E-state index contributed by atoms with van der Waals surface area (Å²) in [5.41, 5.74) is 8.23. The van der Waals surface area contributed by atoms with Gasteiger partial charge in [-0.3, -0.25) is 9.69 Å². The third-order valence-electron chi connectivity index (χ3n) is 6.38. The molecule has 0 aromatic heterocycles. The predicted octanol–water partition coefficient (Wildman–Crippen LogP) is 2.67. The van der Waals surface area contributed by atoms with Gasteiger partial charge in [0.1, 0.15) is 0 Å². The third-order valence-corrected chi connectivity index (χ3v) is 6.38. The summed E-state index contributed by atoms with van der Waals surface area (Å²) in [6, 6.07) is 11.0. The number of carbonyl (C=O) groups is 1. The maximum absolute atomic E-state index is 12.6. The van der Waals surface area contributed by atoms with Gasteiger partial charge >= 0.3 is 0 Å². The molecule has 5 nitrogen and oxygen atoms in total. The Labute approximate surface area is 157 Å². The molecule has 0 spiro atoms. The first-order valence-electron chi connectivity index (χ1n) is 10.4. The average molecular weight is 357 g/mol. The minimum absolute atomic E-state index is 0.357. The fraction of sp³-hybridized carbons (Fsp3) is 0.667. The Balaban J connectivity index is 1.23. The first-order chi connectivity index (χ1) is 12.8. The Hall–Kier alpha value is -1.43. The second-order valence-electron chi connectivity index (χ2n) is 8.13. The number of amides is 1. The summed E-state index contributed by atoms with van der Waals surface area (Å²) in [7, 11) is 0. The van der Waals surface area contributed by atoms with E-state index in [1.54, 1.807) is 0 Å². The molecule has 3 fully saturated rings. The molecule has 1 saturated carbocycles. The highest BCUT2D eigenvalue weighted by molar-refractivity contribution is 5.76. The summed E-state index contributed by atoms with van der Waals surface area (Å²) in [6.45, 7) is 3.69. The molecule has 2 aliphatic heterocycles. The van der Waals surface area contributed by atoms with Crippen LogP contribution in [0.25, 0.3) is 0 Å². The van der Waals surface area contributed by atoms with Crippen molar-refractivity contribution in [1.29, 1.82) is 0 Å². The highest BCUT2D eigenvalue weighted by Gasteiger charge is 2.32. The first-order valence-corrected chi connectivity index (χ1v) is 10.4. The molecule has 4 rings (SSSR count). The Kier molecular flexibility index (Phi) is 5.88. The van der Waals surface area contributed by atoms with Crippen LogP contribution in [0.4, 0.5) is 0 Å². The van der Waals surface area contributed by atoms with Gasteiger partial charge < -0.3 is 4.90 Å². The molecule has 26 heavy (non-hydrogen) atoms. The van der Waals surface area contributed by atoms with Gasteiger partial charge in [-0.2, -0.15) is 0 Å². The molecule has 3 aliphatic rings. The maximum Gasteiger partial charge on any atom is 0.222 e. The summed E-state index contributed by atoms with van der Waals surface area (Å²) in [6.07, 6.45) is 8.70.